The number of nitrogens with zero attached hydrogens (tertiary/aromatic N) is 2. The fourth-order valence-electron chi connectivity index (χ4n) is 6.54. The predicted molar refractivity (Wildman–Crippen MR) is 165 cm³/mol. The molecule has 4 aromatic rings. The van der Waals surface area contributed by atoms with E-state index in [0.29, 0.717) is 36.6 Å². The summed E-state index contributed by atoms with van der Waals surface area (Å²) in [6.45, 7) is 0.685. The van der Waals surface area contributed by atoms with E-state index in [2.05, 4.69) is 9.71 Å². The molecule has 1 saturated heterocycles. The van der Waals surface area contributed by atoms with Crippen molar-refractivity contribution in [1.29, 1.82) is 0 Å². The van der Waals surface area contributed by atoms with Gasteiger partial charge in [-0.05, 0) is 55.5 Å². The Morgan fingerprint density at radius 2 is 1.59 bits per heavy atom. The summed E-state index contributed by atoms with van der Waals surface area (Å²) in [6.07, 6.45) is -3.72. The van der Waals surface area contributed by atoms with Crippen molar-refractivity contribution in [3.63, 3.8) is 0 Å². The van der Waals surface area contributed by atoms with Gasteiger partial charge in [0.2, 0.25) is 15.9 Å². The molecular weight excluding hydrogens is 621 g/mol. The van der Waals surface area contributed by atoms with Crippen molar-refractivity contribution in [2.45, 2.75) is 48.8 Å². The zero-order valence-corrected chi connectivity index (χ0v) is 25.5. The number of carbonyl (C=O) groups is 2. The van der Waals surface area contributed by atoms with Crippen LogP contribution in [-0.4, -0.2) is 66.0 Å². The van der Waals surface area contributed by atoms with Crippen molar-refractivity contribution >= 4 is 32.9 Å². The van der Waals surface area contributed by atoms with Crippen molar-refractivity contribution in [3.8, 4) is 11.3 Å². The number of alkyl halides is 3. The molecule has 1 atom stereocenters. The number of carboxylic acid groups (broad SMARTS) is 1. The number of benzene rings is 3. The molecule has 1 saturated carbocycles. The van der Waals surface area contributed by atoms with Gasteiger partial charge < -0.3 is 19.9 Å². The number of aromatic nitrogens is 1. The van der Waals surface area contributed by atoms with Gasteiger partial charge in [-0.25, -0.2) is 17.9 Å². The van der Waals surface area contributed by atoms with Crippen LogP contribution in [0.25, 0.3) is 22.2 Å². The van der Waals surface area contributed by atoms with Crippen molar-refractivity contribution in [3.05, 3.63) is 90.0 Å². The number of fused-ring (bicyclic) bond motifs is 1. The highest BCUT2D eigenvalue weighted by Gasteiger charge is 2.38. The van der Waals surface area contributed by atoms with Crippen molar-refractivity contribution in [1.82, 2.24) is 19.5 Å². The minimum Gasteiger partial charge on any atom is -0.465 e. The highest BCUT2D eigenvalue weighted by Crippen LogP contribution is 2.38. The van der Waals surface area contributed by atoms with Gasteiger partial charge in [-0.15, -0.1) is 0 Å². The largest absolute Gasteiger partial charge is 0.465 e. The zero-order valence-electron chi connectivity index (χ0n) is 24.7. The number of aromatic amines is 1. The fourth-order valence-corrected chi connectivity index (χ4v) is 7.88. The topological polar surface area (TPSA) is 123 Å². The lowest BCUT2D eigenvalue weighted by Crippen LogP contribution is -2.53. The molecule has 6 rings (SSSR count). The van der Waals surface area contributed by atoms with Gasteiger partial charge in [0.15, 0.2) is 0 Å². The summed E-state index contributed by atoms with van der Waals surface area (Å²) < 4.78 is 70.2. The molecule has 3 N–H and O–H groups in total. The average molecular weight is 655 g/mol. The molecule has 2 fully saturated rings. The van der Waals surface area contributed by atoms with Gasteiger partial charge in [0, 0.05) is 53.8 Å². The third-order valence-electron chi connectivity index (χ3n) is 8.94. The highest BCUT2D eigenvalue weighted by molar-refractivity contribution is 7.89. The standard InChI is InChI=1S/C33H33F3N4O5S/c34-33(35,36)27-9-5-4-8-26(27)29-18-23-12-15-25(19-28(23)37-29)46(44,45)38-24-13-10-22(11-14-24)31(41)40-17-16-39(32(42)43)20-30(40)21-6-2-1-3-7-21/h1-9,12,15,18-19,22,24,30,37-38H,10-11,13-14,16-17,20H2,(H,42,43)/t22-,24-,30-/m1/s1. The second-order valence-electron chi connectivity index (χ2n) is 11.8. The van der Waals surface area contributed by atoms with Crippen LogP contribution in [0.1, 0.15) is 42.9 Å². The van der Waals surface area contributed by atoms with Gasteiger partial charge in [0.1, 0.15) is 0 Å². The highest BCUT2D eigenvalue weighted by atomic mass is 32.2. The lowest BCUT2D eigenvalue weighted by molar-refractivity contribution is -0.141. The van der Waals surface area contributed by atoms with E-state index in [1.807, 2.05) is 30.3 Å². The second kappa shape index (κ2) is 12.4. The molecule has 1 aliphatic heterocycles. The quantitative estimate of drug-likeness (QED) is 0.227. The van der Waals surface area contributed by atoms with E-state index >= 15 is 0 Å². The summed E-state index contributed by atoms with van der Waals surface area (Å²) in [5.74, 6) is -0.364. The van der Waals surface area contributed by atoms with Crippen molar-refractivity contribution in [2.24, 2.45) is 5.92 Å². The number of halogens is 3. The fraction of sp³-hybridized carbons (Fsp3) is 0.333. The van der Waals surface area contributed by atoms with Gasteiger partial charge >= 0.3 is 12.3 Å². The Labute approximate surface area is 264 Å². The summed E-state index contributed by atoms with van der Waals surface area (Å²) in [5, 5.41) is 10.1. The lowest BCUT2D eigenvalue weighted by atomic mass is 9.85. The zero-order chi connectivity index (χ0) is 32.6. The Balaban J connectivity index is 1.12. The Hall–Kier alpha value is -4.36. The van der Waals surface area contributed by atoms with Crippen LogP contribution in [0.5, 0.6) is 0 Å². The molecule has 0 radical (unpaired) electrons. The summed E-state index contributed by atoms with van der Waals surface area (Å²) in [4.78, 5) is 31.4. The first-order chi connectivity index (χ1) is 21.9. The van der Waals surface area contributed by atoms with Crippen LogP contribution >= 0.6 is 0 Å². The first-order valence-corrected chi connectivity index (χ1v) is 16.5. The number of rotatable bonds is 6. The number of hydrogen-bond donors (Lipinski definition) is 3. The molecule has 3 aromatic carbocycles. The molecule has 2 aliphatic rings. The predicted octanol–water partition coefficient (Wildman–Crippen LogP) is 6.25. The summed E-state index contributed by atoms with van der Waals surface area (Å²) >= 11 is 0. The van der Waals surface area contributed by atoms with Gasteiger partial charge in [-0.3, -0.25) is 4.79 Å². The molecule has 0 bridgehead atoms. The van der Waals surface area contributed by atoms with E-state index in [0.717, 1.165) is 11.6 Å². The molecule has 2 heterocycles. The SMILES string of the molecule is O=C(O)N1CCN(C(=O)[C@H]2CC[C@H](NS(=O)(=O)c3ccc4cc(-c5ccccc5C(F)(F)F)[nH]c4c3)CC2)[C@@H](c2ccccc2)C1. The van der Waals surface area contributed by atoms with Crippen LogP contribution < -0.4 is 4.72 Å². The Kier molecular flexibility index (Phi) is 8.55. The molecule has 0 unspecified atom stereocenters. The van der Waals surface area contributed by atoms with Crippen LogP contribution in [0, 0.1) is 5.92 Å². The normalized spacial score (nSPS) is 21.0. The van der Waals surface area contributed by atoms with Crippen LogP contribution in [-0.2, 0) is 21.0 Å². The van der Waals surface area contributed by atoms with Gasteiger partial charge in [-0.1, -0.05) is 54.6 Å². The van der Waals surface area contributed by atoms with Crippen LogP contribution in [0.4, 0.5) is 18.0 Å². The smallest absolute Gasteiger partial charge is 0.417 e. The number of amides is 2. The van der Waals surface area contributed by atoms with E-state index in [1.165, 1.54) is 35.2 Å². The number of sulfonamides is 1. The van der Waals surface area contributed by atoms with Gasteiger partial charge in [0.05, 0.1) is 16.5 Å². The summed E-state index contributed by atoms with van der Waals surface area (Å²) in [6, 6.07) is 19.7. The van der Waals surface area contributed by atoms with Crippen molar-refractivity contribution < 1.29 is 36.3 Å². The van der Waals surface area contributed by atoms with E-state index in [-0.39, 0.29) is 47.6 Å². The maximum atomic E-state index is 13.7. The Morgan fingerprint density at radius 1 is 0.891 bits per heavy atom. The molecule has 13 heteroatoms. The van der Waals surface area contributed by atoms with Crippen molar-refractivity contribution in [2.75, 3.05) is 19.6 Å². The summed E-state index contributed by atoms with van der Waals surface area (Å²) in [5.41, 5.74) is 0.661. The monoisotopic (exact) mass is 654 g/mol. The number of piperazine rings is 1. The first kappa shape index (κ1) is 31.6. The maximum Gasteiger partial charge on any atom is 0.417 e. The van der Waals surface area contributed by atoms with Gasteiger partial charge in [-0.2, -0.15) is 13.2 Å². The Bertz CT molecular complexity index is 1850. The maximum absolute atomic E-state index is 13.7. The molecular formula is C33H33F3N4O5S. The van der Waals surface area contributed by atoms with E-state index < -0.39 is 39.9 Å². The molecule has 46 heavy (non-hydrogen) atoms. The van der Waals surface area contributed by atoms with E-state index in [1.54, 1.807) is 17.0 Å². The van der Waals surface area contributed by atoms with Crippen LogP contribution in [0.15, 0.2) is 83.8 Å². The van der Waals surface area contributed by atoms with E-state index in [4.69, 9.17) is 0 Å². The van der Waals surface area contributed by atoms with Crippen LogP contribution in [0.2, 0.25) is 0 Å². The molecule has 2 amide bonds. The third kappa shape index (κ3) is 6.47. The Morgan fingerprint density at radius 3 is 2.28 bits per heavy atom. The van der Waals surface area contributed by atoms with Crippen LogP contribution in [0.3, 0.4) is 0 Å². The number of H-pyrrole nitrogens is 1. The third-order valence-corrected chi connectivity index (χ3v) is 10.5. The lowest BCUT2D eigenvalue weighted by Gasteiger charge is -2.43. The van der Waals surface area contributed by atoms with Gasteiger partial charge in [0.25, 0.3) is 0 Å². The molecule has 9 nitrogen and oxygen atoms in total. The molecule has 1 aliphatic carbocycles. The second-order valence-corrected chi connectivity index (χ2v) is 13.5. The molecule has 0 spiro atoms. The molecule has 242 valence electrons. The average Bonchev–Trinajstić information content (AvgIpc) is 3.48. The first-order valence-electron chi connectivity index (χ1n) is 15.1. The summed E-state index contributed by atoms with van der Waals surface area (Å²) in [7, 11) is -3.96. The molecule has 1 aromatic heterocycles. The number of nitrogens with one attached hydrogen (secondary N) is 2. The number of hydrogen-bond acceptors (Lipinski definition) is 4. The minimum absolute atomic E-state index is 0.0160. The van der Waals surface area contributed by atoms with E-state index in [9.17, 15) is 36.3 Å². The number of carbonyl (C=O) groups excluding carboxylic acids is 1. The minimum atomic E-state index is -4.55.